The number of ether oxygens (including phenoxy) is 2. The Bertz CT molecular complexity index is 408. The molecule has 7 heteroatoms. The lowest BCUT2D eigenvalue weighted by molar-refractivity contribution is -0.219. The Balaban J connectivity index is 4.62. The Hall–Kier alpha value is -2.15. The standard InChI is InChI=1S/C15H24N2O5/c1-6-9-17(10-7-2)11-8-16-14(20)15(5,21-12(3)18)22-13(4)19/h6-7H,1-2,8-11H2,3-5H3,(H,16,20). The topological polar surface area (TPSA) is 84.9 Å². The molecule has 0 aliphatic rings. The van der Waals surface area contributed by atoms with Gasteiger partial charge in [-0.25, -0.2) is 0 Å². The molecule has 124 valence electrons. The van der Waals surface area contributed by atoms with Crippen LogP contribution in [0.25, 0.3) is 0 Å². The summed E-state index contributed by atoms with van der Waals surface area (Å²) < 4.78 is 9.65. The zero-order valence-electron chi connectivity index (χ0n) is 13.4. The summed E-state index contributed by atoms with van der Waals surface area (Å²) in [7, 11) is 0. The molecule has 1 N–H and O–H groups in total. The molecule has 7 nitrogen and oxygen atoms in total. The smallest absolute Gasteiger partial charge is 0.333 e. The van der Waals surface area contributed by atoms with Crippen LogP contribution in [0, 0.1) is 0 Å². The molecule has 0 saturated heterocycles. The monoisotopic (exact) mass is 312 g/mol. The van der Waals surface area contributed by atoms with Gasteiger partial charge >= 0.3 is 23.6 Å². The van der Waals surface area contributed by atoms with Crippen LogP contribution in [0.4, 0.5) is 0 Å². The van der Waals surface area contributed by atoms with Crippen LogP contribution in [-0.2, 0) is 23.9 Å². The fourth-order valence-electron chi connectivity index (χ4n) is 1.77. The Labute approximate surface area is 130 Å². The highest BCUT2D eigenvalue weighted by Gasteiger charge is 2.40. The highest BCUT2D eigenvalue weighted by atomic mass is 16.7. The second kappa shape index (κ2) is 9.73. The van der Waals surface area contributed by atoms with E-state index in [9.17, 15) is 14.4 Å². The molecule has 22 heavy (non-hydrogen) atoms. The minimum atomic E-state index is -1.97. The molecule has 0 rings (SSSR count). The van der Waals surface area contributed by atoms with Crippen molar-refractivity contribution in [3.8, 4) is 0 Å². The normalized spacial score (nSPS) is 10.7. The van der Waals surface area contributed by atoms with Gasteiger partial charge in [0, 0.05) is 47.0 Å². The maximum absolute atomic E-state index is 12.1. The number of hydrogen-bond donors (Lipinski definition) is 1. The summed E-state index contributed by atoms with van der Waals surface area (Å²) in [4.78, 5) is 36.3. The quantitative estimate of drug-likeness (QED) is 0.362. The molecule has 0 heterocycles. The fourth-order valence-corrected chi connectivity index (χ4v) is 1.77. The summed E-state index contributed by atoms with van der Waals surface area (Å²) in [6, 6.07) is 0. The van der Waals surface area contributed by atoms with Gasteiger partial charge in [-0.2, -0.15) is 0 Å². The third-order valence-corrected chi connectivity index (χ3v) is 2.58. The molecular formula is C15H24N2O5. The Kier molecular flexibility index (Phi) is 8.78. The van der Waals surface area contributed by atoms with Crippen molar-refractivity contribution in [2.24, 2.45) is 0 Å². The summed E-state index contributed by atoms with van der Waals surface area (Å²) in [6.45, 7) is 12.9. The van der Waals surface area contributed by atoms with Crippen LogP contribution in [0.3, 0.4) is 0 Å². The molecule has 0 aromatic carbocycles. The zero-order valence-corrected chi connectivity index (χ0v) is 13.4. The lowest BCUT2D eigenvalue weighted by atomic mass is 10.3. The second-order valence-corrected chi connectivity index (χ2v) is 4.73. The van der Waals surface area contributed by atoms with Gasteiger partial charge in [0.05, 0.1) is 0 Å². The number of esters is 2. The largest absolute Gasteiger partial charge is 0.414 e. The lowest BCUT2D eigenvalue weighted by Gasteiger charge is -2.27. The van der Waals surface area contributed by atoms with Crippen molar-refractivity contribution in [3.05, 3.63) is 25.3 Å². The van der Waals surface area contributed by atoms with Crippen molar-refractivity contribution in [3.63, 3.8) is 0 Å². The van der Waals surface area contributed by atoms with Crippen molar-refractivity contribution in [2.45, 2.75) is 26.6 Å². The van der Waals surface area contributed by atoms with E-state index in [4.69, 9.17) is 9.47 Å². The molecule has 0 saturated carbocycles. The van der Waals surface area contributed by atoms with Gasteiger partial charge in [0.2, 0.25) is 0 Å². The average molecular weight is 312 g/mol. The zero-order chi connectivity index (χ0) is 17.2. The van der Waals surface area contributed by atoms with E-state index in [0.717, 1.165) is 13.8 Å². The molecule has 0 radical (unpaired) electrons. The van der Waals surface area contributed by atoms with E-state index in [-0.39, 0.29) is 0 Å². The molecular weight excluding hydrogens is 288 g/mol. The van der Waals surface area contributed by atoms with E-state index in [1.54, 1.807) is 12.2 Å². The Morgan fingerprint density at radius 1 is 1.09 bits per heavy atom. The molecule has 0 atom stereocenters. The number of rotatable bonds is 10. The molecule has 0 spiro atoms. The number of carbonyl (C=O) groups is 3. The van der Waals surface area contributed by atoms with Gasteiger partial charge in [-0.15, -0.1) is 13.2 Å². The van der Waals surface area contributed by atoms with Crippen LogP contribution in [-0.4, -0.2) is 54.7 Å². The van der Waals surface area contributed by atoms with E-state index < -0.39 is 23.6 Å². The maximum Gasteiger partial charge on any atom is 0.333 e. The first-order valence-corrected chi connectivity index (χ1v) is 6.86. The molecule has 0 aliphatic heterocycles. The lowest BCUT2D eigenvalue weighted by Crippen LogP contribution is -2.51. The SMILES string of the molecule is C=CCN(CC=C)CCNC(=O)C(C)(OC(C)=O)OC(C)=O. The van der Waals surface area contributed by atoms with E-state index in [2.05, 4.69) is 18.5 Å². The van der Waals surface area contributed by atoms with Gasteiger partial charge in [0.1, 0.15) is 0 Å². The van der Waals surface area contributed by atoms with Crippen molar-refractivity contribution < 1.29 is 23.9 Å². The van der Waals surface area contributed by atoms with Gasteiger partial charge in [-0.3, -0.25) is 19.3 Å². The maximum atomic E-state index is 12.1. The van der Waals surface area contributed by atoms with Crippen molar-refractivity contribution in [1.82, 2.24) is 10.2 Å². The predicted octanol–water partition coefficient (Wildman–Crippen LogP) is 0.619. The Morgan fingerprint density at radius 2 is 1.55 bits per heavy atom. The van der Waals surface area contributed by atoms with Crippen LogP contribution >= 0.6 is 0 Å². The first-order valence-electron chi connectivity index (χ1n) is 6.86. The van der Waals surface area contributed by atoms with Gasteiger partial charge in [-0.1, -0.05) is 12.2 Å². The number of hydrogen-bond acceptors (Lipinski definition) is 6. The van der Waals surface area contributed by atoms with Crippen LogP contribution in [0.1, 0.15) is 20.8 Å². The minimum Gasteiger partial charge on any atom is -0.414 e. The highest BCUT2D eigenvalue weighted by molar-refractivity contribution is 5.87. The first kappa shape index (κ1) is 19.9. The first-order chi connectivity index (χ1) is 10.2. The van der Waals surface area contributed by atoms with E-state index in [1.165, 1.54) is 6.92 Å². The van der Waals surface area contributed by atoms with Crippen LogP contribution in [0.5, 0.6) is 0 Å². The molecule has 0 aromatic rings. The molecule has 0 fully saturated rings. The van der Waals surface area contributed by atoms with Crippen molar-refractivity contribution in [2.75, 3.05) is 26.2 Å². The van der Waals surface area contributed by atoms with Crippen LogP contribution in [0.2, 0.25) is 0 Å². The highest BCUT2D eigenvalue weighted by Crippen LogP contribution is 2.13. The predicted molar refractivity (Wildman–Crippen MR) is 81.8 cm³/mol. The Morgan fingerprint density at radius 3 is 1.91 bits per heavy atom. The van der Waals surface area contributed by atoms with E-state index >= 15 is 0 Å². The summed E-state index contributed by atoms with van der Waals surface area (Å²) in [5, 5.41) is 2.58. The van der Waals surface area contributed by atoms with Gasteiger partial charge < -0.3 is 14.8 Å². The number of carbonyl (C=O) groups excluding carboxylic acids is 3. The number of nitrogens with zero attached hydrogens (tertiary/aromatic N) is 1. The van der Waals surface area contributed by atoms with Gasteiger partial charge in [0.25, 0.3) is 0 Å². The minimum absolute atomic E-state index is 0.290. The second-order valence-electron chi connectivity index (χ2n) is 4.73. The molecule has 1 amide bonds. The van der Waals surface area contributed by atoms with E-state index in [1.807, 2.05) is 4.90 Å². The molecule has 0 bridgehead atoms. The summed E-state index contributed by atoms with van der Waals surface area (Å²) in [5.74, 6) is -4.12. The fraction of sp³-hybridized carbons (Fsp3) is 0.533. The van der Waals surface area contributed by atoms with Gasteiger partial charge in [0.15, 0.2) is 0 Å². The van der Waals surface area contributed by atoms with Crippen molar-refractivity contribution in [1.29, 1.82) is 0 Å². The molecule has 0 aliphatic carbocycles. The summed E-state index contributed by atoms with van der Waals surface area (Å²) in [6.07, 6.45) is 3.49. The van der Waals surface area contributed by atoms with Crippen molar-refractivity contribution >= 4 is 17.8 Å². The van der Waals surface area contributed by atoms with E-state index in [0.29, 0.717) is 26.2 Å². The van der Waals surface area contributed by atoms with Crippen LogP contribution < -0.4 is 5.32 Å². The van der Waals surface area contributed by atoms with Crippen LogP contribution in [0.15, 0.2) is 25.3 Å². The average Bonchev–Trinajstić information content (AvgIpc) is 2.36. The number of amides is 1. The third kappa shape index (κ3) is 7.58. The third-order valence-electron chi connectivity index (χ3n) is 2.58. The number of nitrogens with one attached hydrogen (secondary N) is 1. The summed E-state index contributed by atoms with van der Waals surface area (Å²) >= 11 is 0. The van der Waals surface area contributed by atoms with Gasteiger partial charge in [-0.05, 0) is 0 Å². The summed E-state index contributed by atoms with van der Waals surface area (Å²) in [5.41, 5.74) is 0. The molecule has 0 aromatic heterocycles. The molecule has 0 unspecified atom stereocenters.